The summed E-state index contributed by atoms with van der Waals surface area (Å²) in [6.07, 6.45) is 0. The highest BCUT2D eigenvalue weighted by molar-refractivity contribution is 5.81. The highest BCUT2D eigenvalue weighted by Crippen LogP contribution is 2.12. The average molecular weight is 182 g/mol. The van der Waals surface area contributed by atoms with E-state index in [1.807, 2.05) is 0 Å². The SMILES string of the molecule is CNC(C(N)=O)c1cccc(F)c1. The van der Waals surface area contributed by atoms with Crippen molar-refractivity contribution in [3.05, 3.63) is 35.6 Å². The van der Waals surface area contributed by atoms with E-state index in [0.29, 0.717) is 5.56 Å². The number of hydrogen-bond acceptors (Lipinski definition) is 2. The third-order valence-electron chi connectivity index (χ3n) is 1.76. The molecule has 0 bridgehead atoms. The van der Waals surface area contributed by atoms with Crippen LogP contribution in [0.2, 0.25) is 0 Å². The zero-order valence-corrected chi connectivity index (χ0v) is 7.25. The molecule has 1 aromatic rings. The third-order valence-corrected chi connectivity index (χ3v) is 1.76. The summed E-state index contributed by atoms with van der Waals surface area (Å²) >= 11 is 0. The van der Waals surface area contributed by atoms with Gasteiger partial charge >= 0.3 is 0 Å². The number of benzene rings is 1. The Labute approximate surface area is 75.7 Å². The lowest BCUT2D eigenvalue weighted by Gasteiger charge is -2.11. The van der Waals surface area contributed by atoms with Crippen molar-refractivity contribution >= 4 is 5.91 Å². The van der Waals surface area contributed by atoms with Gasteiger partial charge in [-0.15, -0.1) is 0 Å². The van der Waals surface area contributed by atoms with Crippen LogP contribution < -0.4 is 11.1 Å². The maximum Gasteiger partial charge on any atom is 0.239 e. The van der Waals surface area contributed by atoms with Crippen LogP contribution in [0.25, 0.3) is 0 Å². The van der Waals surface area contributed by atoms with Gasteiger partial charge in [0.2, 0.25) is 5.91 Å². The van der Waals surface area contributed by atoms with E-state index in [9.17, 15) is 9.18 Å². The van der Waals surface area contributed by atoms with Crippen molar-refractivity contribution < 1.29 is 9.18 Å². The second-order valence-electron chi connectivity index (χ2n) is 2.68. The maximum absolute atomic E-state index is 12.7. The molecule has 0 aliphatic heterocycles. The summed E-state index contributed by atoms with van der Waals surface area (Å²) < 4.78 is 12.7. The number of amides is 1. The number of nitrogens with two attached hydrogens (primary N) is 1. The van der Waals surface area contributed by atoms with E-state index in [2.05, 4.69) is 5.32 Å². The van der Waals surface area contributed by atoms with E-state index < -0.39 is 11.9 Å². The van der Waals surface area contributed by atoms with Crippen LogP contribution in [0.4, 0.5) is 4.39 Å². The highest BCUT2D eigenvalue weighted by atomic mass is 19.1. The van der Waals surface area contributed by atoms with E-state index in [1.165, 1.54) is 18.2 Å². The lowest BCUT2D eigenvalue weighted by atomic mass is 10.1. The first-order chi connectivity index (χ1) is 6.15. The zero-order valence-electron chi connectivity index (χ0n) is 7.25. The Balaban J connectivity index is 2.98. The lowest BCUT2D eigenvalue weighted by Crippen LogP contribution is -2.31. The van der Waals surface area contributed by atoms with Gasteiger partial charge in [0.05, 0.1) is 0 Å². The fourth-order valence-electron chi connectivity index (χ4n) is 1.16. The Hall–Kier alpha value is -1.42. The van der Waals surface area contributed by atoms with Crippen molar-refractivity contribution in [1.29, 1.82) is 0 Å². The second kappa shape index (κ2) is 4.00. The van der Waals surface area contributed by atoms with Gasteiger partial charge < -0.3 is 11.1 Å². The number of rotatable bonds is 3. The van der Waals surface area contributed by atoms with Crippen molar-refractivity contribution in [3.63, 3.8) is 0 Å². The molecule has 0 fully saturated rings. The van der Waals surface area contributed by atoms with Crippen LogP contribution in [0.5, 0.6) is 0 Å². The van der Waals surface area contributed by atoms with Crippen LogP contribution in [0.1, 0.15) is 11.6 Å². The summed E-state index contributed by atoms with van der Waals surface area (Å²) in [7, 11) is 1.60. The number of carbonyl (C=O) groups is 1. The van der Waals surface area contributed by atoms with Gasteiger partial charge in [-0.3, -0.25) is 4.79 Å². The Bertz CT molecular complexity index is 314. The van der Waals surface area contributed by atoms with Crippen molar-refractivity contribution in [2.45, 2.75) is 6.04 Å². The molecular weight excluding hydrogens is 171 g/mol. The van der Waals surface area contributed by atoms with E-state index in [-0.39, 0.29) is 5.82 Å². The summed E-state index contributed by atoms with van der Waals surface area (Å²) in [5, 5.41) is 2.70. The Kier molecular flexibility index (Phi) is 2.97. The van der Waals surface area contributed by atoms with Crippen LogP contribution in [0.3, 0.4) is 0 Å². The van der Waals surface area contributed by atoms with E-state index >= 15 is 0 Å². The van der Waals surface area contributed by atoms with Gasteiger partial charge in [0.15, 0.2) is 0 Å². The molecule has 70 valence electrons. The predicted molar refractivity (Wildman–Crippen MR) is 47.4 cm³/mol. The number of likely N-dealkylation sites (N-methyl/N-ethyl adjacent to an activating group) is 1. The van der Waals surface area contributed by atoms with Crippen molar-refractivity contribution in [2.24, 2.45) is 5.73 Å². The number of halogens is 1. The average Bonchev–Trinajstić information content (AvgIpc) is 2.04. The van der Waals surface area contributed by atoms with Crippen LogP contribution in [0, 0.1) is 5.82 Å². The zero-order chi connectivity index (χ0) is 9.84. The van der Waals surface area contributed by atoms with Crippen molar-refractivity contribution in [1.82, 2.24) is 5.32 Å². The molecule has 1 atom stereocenters. The highest BCUT2D eigenvalue weighted by Gasteiger charge is 2.14. The number of primary amides is 1. The molecule has 0 aliphatic rings. The second-order valence-corrected chi connectivity index (χ2v) is 2.68. The molecule has 13 heavy (non-hydrogen) atoms. The molecule has 0 heterocycles. The van der Waals surface area contributed by atoms with E-state index in [0.717, 1.165) is 0 Å². The van der Waals surface area contributed by atoms with Gasteiger partial charge in [-0.25, -0.2) is 4.39 Å². The minimum atomic E-state index is -0.629. The van der Waals surface area contributed by atoms with Crippen LogP contribution >= 0.6 is 0 Å². The van der Waals surface area contributed by atoms with Crippen molar-refractivity contribution in [2.75, 3.05) is 7.05 Å². The molecule has 1 rings (SSSR count). The first-order valence-electron chi connectivity index (χ1n) is 3.87. The lowest BCUT2D eigenvalue weighted by molar-refractivity contribution is -0.120. The molecule has 3 N–H and O–H groups in total. The fourth-order valence-corrected chi connectivity index (χ4v) is 1.16. The summed E-state index contributed by atoms with van der Waals surface area (Å²) in [4.78, 5) is 10.9. The molecule has 4 heteroatoms. The molecule has 0 spiro atoms. The van der Waals surface area contributed by atoms with Gasteiger partial charge in [0.25, 0.3) is 0 Å². The molecule has 0 radical (unpaired) electrons. The summed E-state index contributed by atoms with van der Waals surface area (Å²) in [5.74, 6) is -0.896. The minimum Gasteiger partial charge on any atom is -0.368 e. The normalized spacial score (nSPS) is 12.5. The summed E-state index contributed by atoms with van der Waals surface area (Å²) in [6.45, 7) is 0. The topological polar surface area (TPSA) is 55.1 Å². The molecule has 0 saturated carbocycles. The Morgan fingerprint density at radius 2 is 2.31 bits per heavy atom. The Morgan fingerprint density at radius 1 is 1.62 bits per heavy atom. The van der Waals surface area contributed by atoms with Gasteiger partial charge in [-0.2, -0.15) is 0 Å². The van der Waals surface area contributed by atoms with Crippen LogP contribution in [0.15, 0.2) is 24.3 Å². The third kappa shape index (κ3) is 2.26. The fraction of sp³-hybridized carbons (Fsp3) is 0.222. The van der Waals surface area contributed by atoms with E-state index in [1.54, 1.807) is 13.1 Å². The maximum atomic E-state index is 12.7. The quantitative estimate of drug-likeness (QED) is 0.718. The standard InChI is InChI=1S/C9H11FN2O/c1-12-8(9(11)13)6-3-2-4-7(10)5-6/h2-5,8,12H,1H3,(H2,11,13). The molecule has 1 unspecified atom stereocenters. The number of hydrogen-bond donors (Lipinski definition) is 2. The minimum absolute atomic E-state index is 0.376. The van der Waals surface area contributed by atoms with Gasteiger partial charge in [0.1, 0.15) is 11.9 Å². The predicted octanol–water partition coefficient (Wildman–Crippen LogP) is 0.571. The Morgan fingerprint density at radius 3 is 2.77 bits per heavy atom. The number of carbonyl (C=O) groups excluding carboxylic acids is 1. The van der Waals surface area contributed by atoms with Gasteiger partial charge in [-0.1, -0.05) is 12.1 Å². The van der Waals surface area contributed by atoms with E-state index in [4.69, 9.17) is 5.73 Å². The van der Waals surface area contributed by atoms with Crippen LogP contribution in [-0.4, -0.2) is 13.0 Å². The summed E-state index contributed by atoms with van der Waals surface area (Å²) in [5.41, 5.74) is 5.64. The van der Waals surface area contributed by atoms with Gasteiger partial charge in [-0.05, 0) is 24.7 Å². The molecule has 0 aromatic heterocycles. The monoisotopic (exact) mass is 182 g/mol. The summed E-state index contributed by atoms with van der Waals surface area (Å²) in [6, 6.07) is 5.16. The van der Waals surface area contributed by atoms with Crippen LogP contribution in [-0.2, 0) is 4.79 Å². The van der Waals surface area contributed by atoms with Gasteiger partial charge in [0, 0.05) is 0 Å². The molecule has 0 aliphatic carbocycles. The largest absolute Gasteiger partial charge is 0.368 e. The molecule has 3 nitrogen and oxygen atoms in total. The number of nitrogens with one attached hydrogen (secondary N) is 1. The molecule has 1 amide bonds. The van der Waals surface area contributed by atoms with Crippen molar-refractivity contribution in [3.8, 4) is 0 Å². The molecule has 1 aromatic carbocycles. The first kappa shape index (κ1) is 9.67. The molecular formula is C9H11FN2O. The smallest absolute Gasteiger partial charge is 0.239 e. The molecule has 0 saturated heterocycles. The first-order valence-corrected chi connectivity index (χ1v) is 3.87.